The molecule has 124 valence electrons. The summed E-state index contributed by atoms with van der Waals surface area (Å²) in [5, 5.41) is 0.755. The smallest absolute Gasteiger partial charge is 0.0407 e. The van der Waals surface area contributed by atoms with E-state index in [0.29, 0.717) is 0 Å². The third-order valence-electron chi connectivity index (χ3n) is 4.09. The van der Waals surface area contributed by atoms with E-state index in [9.17, 15) is 0 Å². The van der Waals surface area contributed by atoms with Gasteiger partial charge in [0.05, 0.1) is 0 Å². The fourth-order valence-corrected chi connectivity index (χ4v) is 2.79. The monoisotopic (exact) mass is 330 g/mol. The van der Waals surface area contributed by atoms with Crippen molar-refractivity contribution in [2.24, 2.45) is 5.73 Å². The Morgan fingerprint density at radius 1 is 1.00 bits per heavy atom. The Kier molecular flexibility index (Phi) is 5.72. The number of halogens is 1. The predicted molar refractivity (Wildman–Crippen MR) is 102 cm³/mol. The lowest BCUT2D eigenvalue weighted by atomic mass is 9.86. The molecule has 0 spiro atoms. The van der Waals surface area contributed by atoms with Gasteiger partial charge in [-0.2, -0.15) is 0 Å². The lowest BCUT2D eigenvalue weighted by molar-refractivity contribution is 0.589. The van der Waals surface area contributed by atoms with Gasteiger partial charge in [-0.1, -0.05) is 56.6 Å². The van der Waals surface area contributed by atoms with Crippen molar-refractivity contribution in [1.82, 2.24) is 0 Å². The zero-order valence-electron chi connectivity index (χ0n) is 14.5. The van der Waals surface area contributed by atoms with Crippen molar-refractivity contribution in [2.45, 2.75) is 38.6 Å². The molecule has 0 radical (unpaired) electrons. The molecule has 0 fully saturated rings. The summed E-state index contributed by atoms with van der Waals surface area (Å²) in [7, 11) is 2.06. The van der Waals surface area contributed by atoms with E-state index < -0.39 is 0 Å². The Morgan fingerprint density at radius 2 is 1.57 bits per heavy atom. The molecule has 23 heavy (non-hydrogen) atoms. The van der Waals surface area contributed by atoms with Gasteiger partial charge in [0.1, 0.15) is 0 Å². The minimum absolute atomic E-state index is 0.0937. The van der Waals surface area contributed by atoms with Crippen LogP contribution in [-0.4, -0.2) is 19.6 Å². The molecule has 0 aromatic heterocycles. The average molecular weight is 331 g/mol. The molecule has 0 amide bonds. The molecule has 1 atom stereocenters. The van der Waals surface area contributed by atoms with E-state index in [-0.39, 0.29) is 11.5 Å². The highest BCUT2D eigenvalue weighted by Crippen LogP contribution is 2.22. The molecule has 2 aromatic rings. The highest BCUT2D eigenvalue weighted by Gasteiger charge is 2.14. The molecule has 2 nitrogen and oxygen atoms in total. The highest BCUT2D eigenvalue weighted by atomic mass is 35.5. The summed E-state index contributed by atoms with van der Waals surface area (Å²) in [5.74, 6) is 0. The van der Waals surface area contributed by atoms with E-state index in [0.717, 1.165) is 23.7 Å². The third-order valence-corrected chi connectivity index (χ3v) is 4.35. The molecule has 2 N–H and O–H groups in total. The zero-order valence-corrected chi connectivity index (χ0v) is 15.3. The van der Waals surface area contributed by atoms with Gasteiger partial charge >= 0.3 is 0 Å². The van der Waals surface area contributed by atoms with Gasteiger partial charge in [-0.05, 0) is 47.2 Å². The van der Waals surface area contributed by atoms with Crippen LogP contribution < -0.4 is 10.6 Å². The minimum atomic E-state index is 0.0937. The van der Waals surface area contributed by atoms with Crippen molar-refractivity contribution >= 4 is 17.3 Å². The van der Waals surface area contributed by atoms with Crippen LogP contribution in [0.2, 0.25) is 5.02 Å². The van der Waals surface area contributed by atoms with E-state index in [4.69, 9.17) is 17.3 Å². The summed E-state index contributed by atoms with van der Waals surface area (Å²) in [6.45, 7) is 7.50. The van der Waals surface area contributed by atoms with Crippen molar-refractivity contribution < 1.29 is 0 Å². The van der Waals surface area contributed by atoms with Crippen molar-refractivity contribution in [3.63, 3.8) is 0 Å². The Labute approximate surface area is 145 Å². The molecule has 0 heterocycles. The summed E-state index contributed by atoms with van der Waals surface area (Å²) in [6.07, 6.45) is 0.877. The van der Waals surface area contributed by atoms with Gasteiger partial charge in [-0.15, -0.1) is 0 Å². The van der Waals surface area contributed by atoms with Crippen LogP contribution in [0, 0.1) is 0 Å². The fraction of sp³-hybridized carbons (Fsp3) is 0.400. The third kappa shape index (κ3) is 5.26. The molecule has 0 saturated carbocycles. The van der Waals surface area contributed by atoms with Gasteiger partial charge < -0.3 is 10.6 Å². The van der Waals surface area contributed by atoms with E-state index in [1.807, 2.05) is 24.3 Å². The summed E-state index contributed by atoms with van der Waals surface area (Å²) >= 11 is 5.93. The van der Waals surface area contributed by atoms with E-state index in [1.54, 1.807) is 0 Å². The normalized spacial score (nSPS) is 13.0. The van der Waals surface area contributed by atoms with Crippen LogP contribution in [0.5, 0.6) is 0 Å². The maximum absolute atomic E-state index is 6.33. The molecule has 0 aliphatic rings. The van der Waals surface area contributed by atoms with Crippen molar-refractivity contribution in [2.75, 3.05) is 18.5 Å². The van der Waals surface area contributed by atoms with Crippen LogP contribution in [0.1, 0.15) is 31.9 Å². The fourth-order valence-electron chi connectivity index (χ4n) is 2.66. The number of benzene rings is 2. The Balaban J connectivity index is 1.93. The predicted octanol–water partition coefficient (Wildman–Crippen LogP) is 4.64. The van der Waals surface area contributed by atoms with Crippen molar-refractivity contribution in [3.8, 4) is 0 Å². The summed E-state index contributed by atoms with van der Waals surface area (Å²) in [4.78, 5) is 2.17. The summed E-state index contributed by atoms with van der Waals surface area (Å²) < 4.78 is 0. The standard InChI is InChI=1S/C20H27ClN2/c1-20(2,3)16-7-5-15(6-8-16)13-18(22)14-23(4)19-11-9-17(21)10-12-19/h5-12,18H,13-14,22H2,1-4H3. The van der Waals surface area contributed by atoms with E-state index >= 15 is 0 Å². The van der Waals surface area contributed by atoms with Crippen LogP contribution in [0.15, 0.2) is 48.5 Å². The van der Waals surface area contributed by atoms with Gasteiger partial charge in [0.25, 0.3) is 0 Å². The second-order valence-corrected chi connectivity index (χ2v) is 7.70. The van der Waals surface area contributed by atoms with Crippen LogP contribution in [-0.2, 0) is 11.8 Å². The lowest BCUT2D eigenvalue weighted by Gasteiger charge is -2.24. The number of rotatable bonds is 5. The number of nitrogens with zero attached hydrogens (tertiary/aromatic N) is 1. The van der Waals surface area contributed by atoms with Gasteiger partial charge in [0.2, 0.25) is 0 Å². The molecule has 2 rings (SSSR count). The van der Waals surface area contributed by atoms with Gasteiger partial charge in [0, 0.05) is 30.3 Å². The second-order valence-electron chi connectivity index (χ2n) is 7.27. The number of hydrogen-bond donors (Lipinski definition) is 1. The van der Waals surface area contributed by atoms with Crippen LogP contribution in [0.4, 0.5) is 5.69 Å². The molecule has 0 saturated heterocycles. The number of hydrogen-bond acceptors (Lipinski definition) is 2. The van der Waals surface area contributed by atoms with Crippen molar-refractivity contribution in [1.29, 1.82) is 0 Å². The second kappa shape index (κ2) is 7.37. The topological polar surface area (TPSA) is 29.3 Å². The van der Waals surface area contributed by atoms with Crippen LogP contribution >= 0.6 is 11.6 Å². The van der Waals surface area contributed by atoms with Gasteiger partial charge in [-0.3, -0.25) is 0 Å². The Morgan fingerprint density at radius 3 is 2.09 bits per heavy atom. The number of anilines is 1. The SMILES string of the molecule is CN(CC(N)Cc1ccc(C(C)(C)C)cc1)c1ccc(Cl)cc1. The first-order valence-electron chi connectivity index (χ1n) is 8.07. The first-order valence-corrected chi connectivity index (χ1v) is 8.45. The maximum Gasteiger partial charge on any atom is 0.0407 e. The molecule has 2 aromatic carbocycles. The summed E-state index contributed by atoms with van der Waals surface area (Å²) in [6, 6.07) is 16.8. The Hall–Kier alpha value is -1.51. The van der Waals surface area contributed by atoms with Gasteiger partial charge in [0.15, 0.2) is 0 Å². The molecule has 0 aliphatic carbocycles. The molecular formula is C20H27ClN2. The number of nitrogens with two attached hydrogens (primary N) is 1. The first kappa shape index (κ1) is 17.8. The van der Waals surface area contributed by atoms with E-state index in [1.165, 1.54) is 11.1 Å². The van der Waals surface area contributed by atoms with Crippen LogP contribution in [0.25, 0.3) is 0 Å². The average Bonchev–Trinajstić information content (AvgIpc) is 2.47. The molecule has 1 unspecified atom stereocenters. The largest absolute Gasteiger partial charge is 0.373 e. The lowest BCUT2D eigenvalue weighted by Crippen LogP contribution is -2.36. The minimum Gasteiger partial charge on any atom is -0.373 e. The molecule has 0 aliphatic heterocycles. The van der Waals surface area contributed by atoms with Gasteiger partial charge in [-0.25, -0.2) is 0 Å². The zero-order chi connectivity index (χ0) is 17.0. The molecule has 0 bridgehead atoms. The van der Waals surface area contributed by atoms with E-state index in [2.05, 4.69) is 57.0 Å². The molecule has 3 heteroatoms. The summed E-state index contributed by atoms with van der Waals surface area (Å²) in [5.41, 5.74) is 10.3. The van der Waals surface area contributed by atoms with Crippen molar-refractivity contribution in [3.05, 3.63) is 64.7 Å². The number of likely N-dealkylation sites (N-methyl/N-ethyl adjacent to an activating group) is 1. The highest BCUT2D eigenvalue weighted by molar-refractivity contribution is 6.30. The molecular weight excluding hydrogens is 304 g/mol. The Bertz CT molecular complexity index is 612. The van der Waals surface area contributed by atoms with Crippen LogP contribution in [0.3, 0.4) is 0 Å². The first-order chi connectivity index (χ1) is 10.8. The quantitative estimate of drug-likeness (QED) is 0.865. The maximum atomic E-state index is 6.33.